The first kappa shape index (κ1) is 44.1. The molecule has 1 aromatic carbocycles. The minimum Gasteiger partial charge on any atom is -0.386 e. The van der Waals surface area contributed by atoms with E-state index in [0.29, 0.717) is 18.5 Å². The summed E-state index contributed by atoms with van der Waals surface area (Å²) in [6.45, 7) is 15.9. The van der Waals surface area contributed by atoms with E-state index < -0.39 is 48.4 Å². The lowest BCUT2D eigenvalue weighted by Crippen LogP contribution is -2.59. The molecule has 4 amide bonds. The molecule has 1 aliphatic rings. The van der Waals surface area contributed by atoms with Gasteiger partial charge in [0.2, 0.25) is 23.6 Å². The number of aliphatic hydroxyl groups is 1. The highest BCUT2D eigenvalue weighted by molar-refractivity contribution is 5.90. The monoisotopic (exact) mass is 718 g/mol. The molecule has 290 valence electrons. The van der Waals surface area contributed by atoms with E-state index in [-0.39, 0.29) is 53.8 Å². The molecule has 0 radical (unpaired) electrons. The third-order valence-corrected chi connectivity index (χ3v) is 10.7. The van der Waals surface area contributed by atoms with Crippen molar-refractivity contribution in [2.45, 2.75) is 130 Å². The summed E-state index contributed by atoms with van der Waals surface area (Å²) in [7, 11) is 6.57. The Hall–Kier alpha value is -3.06. The van der Waals surface area contributed by atoms with E-state index in [1.54, 1.807) is 52.0 Å². The van der Waals surface area contributed by atoms with Crippen LogP contribution >= 0.6 is 0 Å². The Kier molecular flexibility index (Phi) is 18.0. The largest absolute Gasteiger partial charge is 0.386 e. The lowest BCUT2D eigenvalue weighted by Gasteiger charge is -2.41. The Morgan fingerprint density at radius 2 is 1.53 bits per heavy atom. The normalized spacial score (nSPS) is 20.1. The topological polar surface area (TPSA) is 150 Å². The van der Waals surface area contributed by atoms with Crippen LogP contribution in [0.1, 0.15) is 92.7 Å². The van der Waals surface area contributed by atoms with Crippen LogP contribution in [-0.2, 0) is 28.7 Å². The zero-order valence-electron chi connectivity index (χ0n) is 33.1. The second-order valence-corrected chi connectivity index (χ2v) is 15.0. The third-order valence-electron chi connectivity index (χ3n) is 10.7. The minimum atomic E-state index is -0.875. The van der Waals surface area contributed by atoms with Crippen molar-refractivity contribution >= 4 is 23.6 Å². The minimum absolute atomic E-state index is 0.0148. The molecule has 1 aliphatic heterocycles. The number of carbonyl (C=O) groups is 4. The average molecular weight is 718 g/mol. The van der Waals surface area contributed by atoms with Crippen LogP contribution < -0.4 is 16.0 Å². The van der Waals surface area contributed by atoms with Crippen LogP contribution in [0.4, 0.5) is 0 Å². The number of nitrogens with zero attached hydrogens (tertiary/aromatic N) is 2. The van der Waals surface area contributed by atoms with Gasteiger partial charge in [-0.1, -0.05) is 85.2 Å². The molecule has 1 saturated heterocycles. The molecule has 12 heteroatoms. The number of benzene rings is 1. The van der Waals surface area contributed by atoms with E-state index in [0.717, 1.165) is 12.8 Å². The Bertz CT molecular complexity index is 1250. The van der Waals surface area contributed by atoms with E-state index >= 15 is 0 Å². The summed E-state index contributed by atoms with van der Waals surface area (Å²) in [6, 6.07) is 6.67. The Labute approximate surface area is 306 Å². The molecular weight excluding hydrogens is 650 g/mol. The molecule has 0 bridgehead atoms. The van der Waals surface area contributed by atoms with Gasteiger partial charge in [0, 0.05) is 27.8 Å². The maximum Gasteiger partial charge on any atom is 0.245 e. The van der Waals surface area contributed by atoms with E-state index in [2.05, 4.69) is 16.0 Å². The van der Waals surface area contributed by atoms with Crippen LogP contribution in [0, 0.1) is 23.7 Å². The molecule has 1 heterocycles. The number of rotatable bonds is 20. The molecule has 12 nitrogen and oxygen atoms in total. The van der Waals surface area contributed by atoms with E-state index in [9.17, 15) is 24.3 Å². The first-order valence-electron chi connectivity index (χ1n) is 18.7. The molecule has 0 aliphatic carbocycles. The predicted octanol–water partition coefficient (Wildman–Crippen LogP) is 3.53. The van der Waals surface area contributed by atoms with Gasteiger partial charge in [0.25, 0.3) is 0 Å². The summed E-state index contributed by atoms with van der Waals surface area (Å²) in [4.78, 5) is 58.3. The molecule has 0 saturated carbocycles. The highest BCUT2D eigenvalue weighted by Gasteiger charge is 2.43. The summed E-state index contributed by atoms with van der Waals surface area (Å²) < 4.78 is 11.9. The second kappa shape index (κ2) is 20.8. The van der Waals surface area contributed by atoms with Crippen molar-refractivity contribution in [2.24, 2.45) is 23.7 Å². The van der Waals surface area contributed by atoms with Crippen molar-refractivity contribution in [2.75, 3.05) is 34.9 Å². The fourth-order valence-electron chi connectivity index (χ4n) is 7.42. The third kappa shape index (κ3) is 11.5. The molecule has 0 aromatic heterocycles. The molecule has 1 unspecified atom stereocenters. The summed E-state index contributed by atoms with van der Waals surface area (Å²) in [5, 5.41) is 19.8. The maximum absolute atomic E-state index is 14.1. The number of nitrogens with one attached hydrogen (secondary N) is 3. The van der Waals surface area contributed by atoms with Gasteiger partial charge in [0.15, 0.2) is 0 Å². The first-order chi connectivity index (χ1) is 24.0. The molecule has 1 aromatic rings. The standard InChI is InChI=1S/C39H67N5O7/c1-13-25(6)34(43(10)39(49)33(24(4)5)42-38(48)32(40-9)23(2)3)30(50-11)22-31(45)44-21-17-20-29(44)36(51-12)26(7)37(47)41-27(8)35(46)28-18-15-14-16-19-28/h14-16,18-19,23-27,29-30,32-36,40,46H,13,17,20-22H2,1-12H3,(H,41,47)(H,42,48)/t25-,26+,27-,29+,30+,32+,33-,34?,35-,36-/m0/s1. The number of likely N-dealkylation sites (N-methyl/N-ethyl adjacent to an activating group) is 2. The number of carbonyl (C=O) groups excluding carboxylic acids is 4. The van der Waals surface area contributed by atoms with Crippen LogP contribution in [0.15, 0.2) is 30.3 Å². The van der Waals surface area contributed by atoms with Crippen LogP contribution in [0.5, 0.6) is 0 Å². The Morgan fingerprint density at radius 1 is 0.922 bits per heavy atom. The molecule has 10 atom stereocenters. The summed E-state index contributed by atoms with van der Waals surface area (Å²) in [5.41, 5.74) is 0.711. The molecule has 4 N–H and O–H groups in total. The van der Waals surface area contributed by atoms with E-state index in [1.165, 1.54) is 0 Å². The van der Waals surface area contributed by atoms with Crippen molar-refractivity contribution in [1.82, 2.24) is 25.8 Å². The van der Waals surface area contributed by atoms with Gasteiger partial charge in [-0.3, -0.25) is 19.2 Å². The van der Waals surface area contributed by atoms with Crippen LogP contribution in [-0.4, -0.2) is 116 Å². The summed E-state index contributed by atoms with van der Waals surface area (Å²) in [6.07, 6.45) is 0.147. The lowest BCUT2D eigenvalue weighted by molar-refractivity contribution is -0.148. The number of likely N-dealkylation sites (tertiary alicyclic amines) is 1. The lowest BCUT2D eigenvalue weighted by atomic mass is 9.89. The Balaban J connectivity index is 2.24. The highest BCUT2D eigenvalue weighted by Crippen LogP contribution is 2.30. The van der Waals surface area contributed by atoms with Gasteiger partial charge in [-0.25, -0.2) is 0 Å². The fraction of sp³-hybridized carbons (Fsp3) is 0.744. The van der Waals surface area contributed by atoms with Gasteiger partial charge < -0.3 is 40.3 Å². The van der Waals surface area contributed by atoms with Gasteiger partial charge >= 0.3 is 0 Å². The van der Waals surface area contributed by atoms with Gasteiger partial charge in [0.1, 0.15) is 6.04 Å². The van der Waals surface area contributed by atoms with Crippen LogP contribution in [0.25, 0.3) is 0 Å². The Morgan fingerprint density at radius 3 is 2.04 bits per heavy atom. The van der Waals surface area contributed by atoms with Crippen molar-refractivity contribution in [3.63, 3.8) is 0 Å². The number of methoxy groups -OCH3 is 2. The van der Waals surface area contributed by atoms with Crippen LogP contribution in [0.2, 0.25) is 0 Å². The zero-order valence-corrected chi connectivity index (χ0v) is 33.1. The molecule has 51 heavy (non-hydrogen) atoms. The number of aliphatic hydroxyl groups excluding tert-OH is 1. The molecule has 1 fully saturated rings. The smallest absolute Gasteiger partial charge is 0.245 e. The fourth-order valence-corrected chi connectivity index (χ4v) is 7.42. The number of hydrogen-bond acceptors (Lipinski definition) is 8. The van der Waals surface area contributed by atoms with E-state index in [1.807, 2.05) is 71.9 Å². The average Bonchev–Trinajstić information content (AvgIpc) is 3.59. The van der Waals surface area contributed by atoms with Crippen molar-refractivity contribution in [3.05, 3.63) is 35.9 Å². The zero-order chi connectivity index (χ0) is 38.6. The molecular formula is C39H67N5O7. The van der Waals surface area contributed by atoms with Crippen molar-refractivity contribution in [3.8, 4) is 0 Å². The number of amides is 4. The van der Waals surface area contributed by atoms with Crippen molar-refractivity contribution < 1.29 is 33.8 Å². The second-order valence-electron chi connectivity index (χ2n) is 15.0. The van der Waals surface area contributed by atoms with Crippen LogP contribution in [0.3, 0.4) is 0 Å². The molecule has 0 spiro atoms. The highest BCUT2D eigenvalue weighted by atomic mass is 16.5. The molecule has 2 rings (SSSR count). The van der Waals surface area contributed by atoms with Gasteiger partial charge in [-0.2, -0.15) is 0 Å². The summed E-state index contributed by atoms with van der Waals surface area (Å²) >= 11 is 0. The van der Waals surface area contributed by atoms with Gasteiger partial charge in [-0.15, -0.1) is 0 Å². The quantitative estimate of drug-likeness (QED) is 0.160. The van der Waals surface area contributed by atoms with Gasteiger partial charge in [-0.05, 0) is 50.1 Å². The predicted molar refractivity (Wildman–Crippen MR) is 200 cm³/mol. The summed E-state index contributed by atoms with van der Waals surface area (Å²) in [5.74, 6) is -1.62. The maximum atomic E-state index is 14.1. The first-order valence-corrected chi connectivity index (χ1v) is 18.7. The van der Waals surface area contributed by atoms with E-state index in [4.69, 9.17) is 9.47 Å². The van der Waals surface area contributed by atoms with Crippen molar-refractivity contribution in [1.29, 1.82) is 0 Å². The SMILES string of the molecule is CC[C@H](C)C([C@@H](CC(=O)N1CCC[C@@H]1[C@@H](OC)[C@@H](C)C(=O)N[C@@H](C)[C@H](O)c1ccccc1)OC)N(C)C(=O)[C@@H](NC(=O)[C@H](NC)C(C)C)C(C)C. The number of ether oxygens (including phenoxy) is 2. The van der Waals surface area contributed by atoms with Gasteiger partial charge in [0.05, 0.1) is 54.8 Å². The number of hydrogen-bond donors (Lipinski definition) is 4.